The highest BCUT2D eigenvalue weighted by Gasteiger charge is 2.23. The normalized spacial score (nSPS) is 13.8. The van der Waals surface area contributed by atoms with Crippen molar-refractivity contribution in [3.63, 3.8) is 0 Å². The number of hydrogen-bond acceptors (Lipinski definition) is 3. The summed E-state index contributed by atoms with van der Waals surface area (Å²) in [6.45, 7) is 1.89. The monoisotopic (exact) mass is 353 g/mol. The topological polar surface area (TPSA) is 49.3 Å². The van der Waals surface area contributed by atoms with E-state index in [9.17, 15) is 9.90 Å². The van der Waals surface area contributed by atoms with Crippen LogP contribution in [0.4, 0.5) is 0 Å². The Balaban J connectivity index is 1.91. The SMILES string of the molecule is CC(O)(CNC(=O)Cc1cccs1)c1ccc(Br)cc1. The molecule has 0 saturated heterocycles. The highest BCUT2D eigenvalue weighted by Crippen LogP contribution is 2.22. The van der Waals surface area contributed by atoms with Crippen molar-refractivity contribution in [2.45, 2.75) is 18.9 Å². The van der Waals surface area contributed by atoms with E-state index in [2.05, 4.69) is 21.2 Å². The second-order valence-corrected chi connectivity index (χ2v) is 6.76. The van der Waals surface area contributed by atoms with Crippen LogP contribution in [0.25, 0.3) is 0 Å². The molecule has 5 heteroatoms. The molecule has 2 rings (SSSR count). The van der Waals surface area contributed by atoms with Gasteiger partial charge in [-0.05, 0) is 36.1 Å². The van der Waals surface area contributed by atoms with Crippen LogP contribution in [-0.2, 0) is 16.8 Å². The minimum Gasteiger partial charge on any atom is -0.384 e. The summed E-state index contributed by atoms with van der Waals surface area (Å²) in [6, 6.07) is 11.3. The molecule has 0 saturated carbocycles. The first-order valence-electron chi connectivity index (χ1n) is 6.25. The van der Waals surface area contributed by atoms with Crippen molar-refractivity contribution in [3.05, 3.63) is 56.7 Å². The minimum atomic E-state index is -1.08. The lowest BCUT2D eigenvalue weighted by Gasteiger charge is -2.24. The number of aliphatic hydroxyl groups is 1. The van der Waals surface area contributed by atoms with Crippen LogP contribution in [0, 0.1) is 0 Å². The van der Waals surface area contributed by atoms with Crippen LogP contribution in [0.3, 0.4) is 0 Å². The van der Waals surface area contributed by atoms with E-state index in [0.29, 0.717) is 6.42 Å². The standard InChI is InChI=1S/C15H16BrNO2S/c1-15(19,11-4-6-12(16)7-5-11)10-17-14(18)9-13-3-2-8-20-13/h2-8,19H,9-10H2,1H3,(H,17,18). The molecule has 0 aliphatic rings. The van der Waals surface area contributed by atoms with Gasteiger partial charge in [0.1, 0.15) is 5.60 Å². The Labute approximate surface area is 130 Å². The molecule has 20 heavy (non-hydrogen) atoms. The minimum absolute atomic E-state index is 0.0789. The highest BCUT2D eigenvalue weighted by atomic mass is 79.9. The predicted octanol–water partition coefficient (Wildman–Crippen LogP) is 3.08. The van der Waals surface area contributed by atoms with Crippen molar-refractivity contribution in [1.82, 2.24) is 5.32 Å². The third-order valence-electron chi connectivity index (χ3n) is 3.01. The van der Waals surface area contributed by atoms with Gasteiger partial charge in [-0.15, -0.1) is 11.3 Å². The molecule has 1 unspecified atom stereocenters. The van der Waals surface area contributed by atoms with Crippen molar-refractivity contribution in [2.75, 3.05) is 6.54 Å². The third-order valence-corrected chi connectivity index (χ3v) is 4.42. The Morgan fingerprint density at radius 3 is 2.65 bits per heavy atom. The van der Waals surface area contributed by atoms with Crippen LogP contribution in [0.2, 0.25) is 0 Å². The molecule has 106 valence electrons. The Morgan fingerprint density at radius 2 is 2.05 bits per heavy atom. The van der Waals surface area contributed by atoms with Crippen LogP contribution in [0.1, 0.15) is 17.4 Å². The Hall–Kier alpha value is -1.17. The average molecular weight is 354 g/mol. The van der Waals surface area contributed by atoms with Gasteiger partial charge in [-0.2, -0.15) is 0 Å². The first-order valence-corrected chi connectivity index (χ1v) is 7.92. The van der Waals surface area contributed by atoms with Gasteiger partial charge in [0.25, 0.3) is 0 Å². The second-order valence-electron chi connectivity index (χ2n) is 4.81. The van der Waals surface area contributed by atoms with E-state index in [0.717, 1.165) is 14.9 Å². The summed E-state index contributed by atoms with van der Waals surface area (Å²) in [5.74, 6) is -0.0789. The van der Waals surface area contributed by atoms with Crippen LogP contribution in [0.5, 0.6) is 0 Å². The Morgan fingerprint density at radius 1 is 1.35 bits per heavy atom. The molecule has 3 nitrogen and oxygen atoms in total. The van der Waals surface area contributed by atoms with Gasteiger partial charge in [0.05, 0.1) is 13.0 Å². The number of nitrogens with one attached hydrogen (secondary N) is 1. The van der Waals surface area contributed by atoms with Crippen molar-refractivity contribution >= 4 is 33.2 Å². The molecule has 1 amide bonds. The maximum Gasteiger partial charge on any atom is 0.225 e. The molecule has 0 radical (unpaired) electrons. The highest BCUT2D eigenvalue weighted by molar-refractivity contribution is 9.10. The van der Waals surface area contributed by atoms with Crippen molar-refractivity contribution < 1.29 is 9.90 Å². The summed E-state index contributed by atoms with van der Waals surface area (Å²) in [6.07, 6.45) is 0.355. The zero-order valence-corrected chi connectivity index (χ0v) is 13.5. The van der Waals surface area contributed by atoms with Crippen LogP contribution >= 0.6 is 27.3 Å². The molecule has 0 aliphatic heterocycles. The fraction of sp³-hybridized carbons (Fsp3) is 0.267. The van der Waals surface area contributed by atoms with Gasteiger partial charge in [-0.25, -0.2) is 0 Å². The molecular weight excluding hydrogens is 338 g/mol. The van der Waals surface area contributed by atoms with E-state index >= 15 is 0 Å². The van der Waals surface area contributed by atoms with Gasteiger partial charge in [-0.1, -0.05) is 34.1 Å². The number of thiophene rings is 1. The van der Waals surface area contributed by atoms with E-state index in [1.165, 1.54) is 0 Å². The van der Waals surface area contributed by atoms with Crippen molar-refractivity contribution in [3.8, 4) is 0 Å². The molecule has 0 spiro atoms. The first-order chi connectivity index (χ1) is 9.47. The summed E-state index contributed by atoms with van der Waals surface area (Å²) >= 11 is 4.91. The van der Waals surface area contributed by atoms with Crippen LogP contribution in [-0.4, -0.2) is 17.6 Å². The van der Waals surface area contributed by atoms with Crippen molar-refractivity contribution in [1.29, 1.82) is 0 Å². The zero-order chi connectivity index (χ0) is 14.6. The lowest BCUT2D eigenvalue weighted by atomic mass is 9.96. The lowest BCUT2D eigenvalue weighted by Crippen LogP contribution is -2.39. The van der Waals surface area contributed by atoms with Gasteiger partial charge in [0.2, 0.25) is 5.91 Å². The van der Waals surface area contributed by atoms with Gasteiger partial charge in [-0.3, -0.25) is 4.79 Å². The quantitative estimate of drug-likeness (QED) is 0.867. The molecule has 0 aliphatic carbocycles. The summed E-state index contributed by atoms with van der Waals surface area (Å²) in [5.41, 5.74) is -0.302. The molecule has 1 aromatic carbocycles. The lowest BCUT2D eigenvalue weighted by molar-refractivity contribution is -0.121. The molecule has 1 aromatic heterocycles. The summed E-state index contributed by atoms with van der Waals surface area (Å²) in [5, 5.41) is 15.1. The van der Waals surface area contributed by atoms with E-state index in [1.54, 1.807) is 18.3 Å². The maximum absolute atomic E-state index is 11.8. The molecule has 1 heterocycles. The maximum atomic E-state index is 11.8. The van der Waals surface area contributed by atoms with Crippen molar-refractivity contribution in [2.24, 2.45) is 0 Å². The number of hydrogen-bond donors (Lipinski definition) is 2. The molecule has 2 N–H and O–H groups in total. The number of amides is 1. The van der Waals surface area contributed by atoms with Gasteiger partial charge < -0.3 is 10.4 Å². The number of halogens is 1. The Kier molecular flexibility index (Phi) is 4.96. The number of carbonyl (C=O) groups excluding carboxylic acids is 1. The molecular formula is C15H16BrNO2S. The average Bonchev–Trinajstić information content (AvgIpc) is 2.90. The van der Waals surface area contributed by atoms with Gasteiger partial charge in [0.15, 0.2) is 0 Å². The molecule has 2 aromatic rings. The van der Waals surface area contributed by atoms with E-state index in [1.807, 2.05) is 41.8 Å². The smallest absolute Gasteiger partial charge is 0.225 e. The zero-order valence-electron chi connectivity index (χ0n) is 11.1. The fourth-order valence-corrected chi connectivity index (χ4v) is 2.78. The molecule has 0 fully saturated rings. The van der Waals surface area contributed by atoms with E-state index in [-0.39, 0.29) is 12.5 Å². The Bertz CT molecular complexity index is 564. The third kappa shape index (κ3) is 4.16. The van der Waals surface area contributed by atoms with Gasteiger partial charge in [0, 0.05) is 9.35 Å². The summed E-state index contributed by atoms with van der Waals surface area (Å²) in [4.78, 5) is 12.8. The second kappa shape index (κ2) is 6.52. The number of rotatable bonds is 5. The van der Waals surface area contributed by atoms with Crippen LogP contribution in [0.15, 0.2) is 46.3 Å². The fourth-order valence-electron chi connectivity index (χ4n) is 1.82. The van der Waals surface area contributed by atoms with E-state index < -0.39 is 5.60 Å². The predicted molar refractivity (Wildman–Crippen MR) is 84.7 cm³/mol. The van der Waals surface area contributed by atoms with Gasteiger partial charge >= 0.3 is 0 Å². The first kappa shape index (κ1) is 15.2. The van der Waals surface area contributed by atoms with E-state index in [4.69, 9.17) is 0 Å². The van der Waals surface area contributed by atoms with Crippen LogP contribution < -0.4 is 5.32 Å². The largest absolute Gasteiger partial charge is 0.384 e. The molecule has 1 atom stereocenters. The molecule has 0 bridgehead atoms. The summed E-state index contributed by atoms with van der Waals surface area (Å²) < 4.78 is 0.957. The summed E-state index contributed by atoms with van der Waals surface area (Å²) in [7, 11) is 0. The number of carbonyl (C=O) groups is 1. The number of benzene rings is 1.